The van der Waals surface area contributed by atoms with Crippen LogP contribution < -0.4 is 10.1 Å². The maximum Gasteiger partial charge on any atom is 0.224 e. The van der Waals surface area contributed by atoms with Gasteiger partial charge in [0.15, 0.2) is 0 Å². The smallest absolute Gasteiger partial charge is 0.224 e. The third kappa shape index (κ3) is 5.10. The van der Waals surface area contributed by atoms with Crippen LogP contribution in [0.15, 0.2) is 48.5 Å². The normalized spacial score (nSPS) is 11.8. The van der Waals surface area contributed by atoms with Crippen molar-refractivity contribution >= 4 is 5.91 Å². The highest BCUT2D eigenvalue weighted by atomic mass is 16.5. The molecule has 4 nitrogen and oxygen atoms in total. The van der Waals surface area contributed by atoms with E-state index < -0.39 is 0 Å². The molecule has 0 spiro atoms. The molecular weight excluding hydrogens is 302 g/mol. The lowest BCUT2D eigenvalue weighted by Gasteiger charge is -2.17. The van der Waals surface area contributed by atoms with Gasteiger partial charge in [0.05, 0.1) is 25.7 Å². The Kier molecular flexibility index (Phi) is 6.82. The average molecular weight is 327 g/mol. The lowest BCUT2D eigenvalue weighted by Crippen LogP contribution is -2.31. The summed E-state index contributed by atoms with van der Waals surface area (Å²) < 4.78 is 5.39. The van der Waals surface area contributed by atoms with Gasteiger partial charge < -0.3 is 15.2 Å². The van der Waals surface area contributed by atoms with Crippen LogP contribution in [0.2, 0.25) is 0 Å². The summed E-state index contributed by atoms with van der Waals surface area (Å²) in [5.74, 6) is 0.684. The Morgan fingerprint density at radius 3 is 2.21 bits per heavy atom. The van der Waals surface area contributed by atoms with E-state index in [0.29, 0.717) is 6.61 Å². The quantitative estimate of drug-likeness (QED) is 0.783. The Morgan fingerprint density at radius 2 is 1.67 bits per heavy atom. The molecule has 0 saturated heterocycles. The van der Waals surface area contributed by atoms with Crippen LogP contribution in [0, 0.1) is 0 Å². The molecule has 0 aliphatic carbocycles. The fourth-order valence-corrected chi connectivity index (χ4v) is 2.52. The van der Waals surface area contributed by atoms with Crippen molar-refractivity contribution < 1.29 is 14.6 Å². The Balaban J connectivity index is 1.95. The standard InChI is InChI=1S/C20H25NO3/c1-3-15-5-9-17(10-6-15)19(14-22)21-20(23)13-16-7-11-18(12-8-16)24-4-2/h5-12,19,22H,3-4,13-14H2,1-2H3,(H,21,23). The van der Waals surface area contributed by atoms with Gasteiger partial charge in [0.1, 0.15) is 5.75 Å². The summed E-state index contributed by atoms with van der Waals surface area (Å²) in [6.45, 7) is 4.52. The van der Waals surface area contributed by atoms with Gasteiger partial charge in [-0.3, -0.25) is 4.79 Å². The highest BCUT2D eigenvalue weighted by molar-refractivity contribution is 5.79. The number of hydrogen-bond donors (Lipinski definition) is 2. The predicted octanol–water partition coefficient (Wildman–Crippen LogP) is 3.04. The Labute approximate surface area is 143 Å². The minimum atomic E-state index is -0.383. The molecule has 0 aromatic heterocycles. The molecule has 0 saturated carbocycles. The molecule has 24 heavy (non-hydrogen) atoms. The summed E-state index contributed by atoms with van der Waals surface area (Å²) in [5.41, 5.74) is 3.06. The van der Waals surface area contributed by atoms with Gasteiger partial charge in [0.25, 0.3) is 0 Å². The number of nitrogens with one attached hydrogen (secondary N) is 1. The Bertz CT molecular complexity index is 635. The summed E-state index contributed by atoms with van der Waals surface area (Å²) in [7, 11) is 0. The van der Waals surface area contributed by atoms with Crippen molar-refractivity contribution in [3.63, 3.8) is 0 Å². The van der Waals surface area contributed by atoms with Crippen LogP contribution in [-0.2, 0) is 17.6 Å². The molecule has 2 aromatic carbocycles. The van der Waals surface area contributed by atoms with E-state index in [-0.39, 0.29) is 25.0 Å². The molecule has 0 fully saturated rings. The van der Waals surface area contributed by atoms with Crippen LogP contribution in [0.1, 0.15) is 36.6 Å². The third-order valence-electron chi connectivity index (χ3n) is 3.91. The van der Waals surface area contributed by atoms with Gasteiger partial charge in [0.2, 0.25) is 5.91 Å². The van der Waals surface area contributed by atoms with Crippen LogP contribution in [0.4, 0.5) is 0 Å². The first-order chi connectivity index (χ1) is 11.7. The van der Waals surface area contributed by atoms with Crippen molar-refractivity contribution in [2.24, 2.45) is 0 Å². The number of aliphatic hydroxyl groups is 1. The number of benzene rings is 2. The van der Waals surface area contributed by atoms with E-state index in [2.05, 4.69) is 12.2 Å². The summed E-state index contributed by atoms with van der Waals surface area (Å²) >= 11 is 0. The van der Waals surface area contributed by atoms with Gasteiger partial charge >= 0.3 is 0 Å². The molecule has 128 valence electrons. The first kappa shape index (κ1) is 18.0. The molecule has 1 amide bonds. The molecule has 2 rings (SSSR count). The molecule has 1 atom stereocenters. The summed E-state index contributed by atoms with van der Waals surface area (Å²) in [4.78, 5) is 12.2. The van der Waals surface area contributed by atoms with Gasteiger partial charge in [-0.25, -0.2) is 0 Å². The number of carbonyl (C=O) groups excluding carboxylic acids is 1. The van der Waals surface area contributed by atoms with Crippen LogP contribution in [-0.4, -0.2) is 24.2 Å². The van der Waals surface area contributed by atoms with Gasteiger partial charge in [-0.1, -0.05) is 43.3 Å². The SMILES string of the molecule is CCOc1ccc(CC(=O)NC(CO)c2ccc(CC)cc2)cc1. The molecule has 0 heterocycles. The maximum absolute atomic E-state index is 12.2. The lowest BCUT2D eigenvalue weighted by molar-refractivity contribution is -0.121. The van der Waals surface area contributed by atoms with E-state index in [4.69, 9.17) is 4.74 Å². The zero-order valence-corrected chi connectivity index (χ0v) is 14.3. The molecule has 0 aliphatic heterocycles. The molecule has 0 bridgehead atoms. The summed E-state index contributed by atoms with van der Waals surface area (Å²) in [6.07, 6.45) is 1.24. The zero-order chi connectivity index (χ0) is 17.4. The second kappa shape index (κ2) is 9.08. The minimum absolute atomic E-state index is 0.113. The first-order valence-corrected chi connectivity index (χ1v) is 8.37. The molecule has 0 aliphatic rings. The summed E-state index contributed by atoms with van der Waals surface area (Å²) in [6, 6.07) is 15.1. The number of aryl methyl sites for hydroxylation is 1. The monoisotopic (exact) mass is 327 g/mol. The lowest BCUT2D eigenvalue weighted by atomic mass is 10.0. The van der Waals surface area contributed by atoms with E-state index in [0.717, 1.165) is 23.3 Å². The fraction of sp³-hybridized carbons (Fsp3) is 0.350. The van der Waals surface area contributed by atoms with Crippen molar-refractivity contribution in [1.29, 1.82) is 0 Å². The van der Waals surface area contributed by atoms with Crippen molar-refractivity contribution in [3.05, 3.63) is 65.2 Å². The summed E-state index contributed by atoms with van der Waals surface area (Å²) in [5, 5.41) is 12.5. The average Bonchev–Trinajstić information content (AvgIpc) is 2.62. The Hall–Kier alpha value is -2.33. The van der Waals surface area contributed by atoms with Gasteiger partial charge in [-0.2, -0.15) is 0 Å². The van der Waals surface area contributed by atoms with E-state index in [1.165, 1.54) is 5.56 Å². The largest absolute Gasteiger partial charge is 0.494 e. The van der Waals surface area contributed by atoms with Crippen molar-refractivity contribution in [3.8, 4) is 5.75 Å². The van der Waals surface area contributed by atoms with Gasteiger partial charge in [-0.15, -0.1) is 0 Å². The number of aliphatic hydroxyl groups excluding tert-OH is 1. The second-order valence-corrected chi connectivity index (χ2v) is 5.65. The van der Waals surface area contributed by atoms with Crippen molar-refractivity contribution in [1.82, 2.24) is 5.32 Å². The second-order valence-electron chi connectivity index (χ2n) is 5.65. The maximum atomic E-state index is 12.2. The van der Waals surface area contributed by atoms with Crippen LogP contribution in [0.3, 0.4) is 0 Å². The van der Waals surface area contributed by atoms with Crippen LogP contribution >= 0.6 is 0 Å². The van der Waals surface area contributed by atoms with E-state index >= 15 is 0 Å². The number of rotatable bonds is 8. The number of hydrogen-bond acceptors (Lipinski definition) is 3. The number of carbonyl (C=O) groups is 1. The van der Waals surface area contributed by atoms with Crippen molar-refractivity contribution in [2.45, 2.75) is 32.7 Å². The predicted molar refractivity (Wildman–Crippen MR) is 95.1 cm³/mol. The zero-order valence-electron chi connectivity index (χ0n) is 14.3. The highest BCUT2D eigenvalue weighted by Crippen LogP contribution is 2.16. The molecule has 4 heteroatoms. The molecule has 2 N–H and O–H groups in total. The highest BCUT2D eigenvalue weighted by Gasteiger charge is 2.14. The Morgan fingerprint density at radius 1 is 1.04 bits per heavy atom. The minimum Gasteiger partial charge on any atom is -0.494 e. The molecule has 2 aromatic rings. The van der Waals surface area contributed by atoms with Gasteiger partial charge in [0, 0.05) is 0 Å². The van der Waals surface area contributed by atoms with E-state index in [1.54, 1.807) is 0 Å². The molecule has 1 unspecified atom stereocenters. The van der Waals surface area contributed by atoms with Gasteiger partial charge in [-0.05, 0) is 42.2 Å². The fourth-order valence-electron chi connectivity index (χ4n) is 2.52. The number of amides is 1. The number of ether oxygens (including phenoxy) is 1. The van der Waals surface area contributed by atoms with Crippen LogP contribution in [0.5, 0.6) is 5.75 Å². The molecule has 0 radical (unpaired) electrons. The first-order valence-electron chi connectivity index (χ1n) is 8.37. The van der Waals surface area contributed by atoms with E-state index in [1.807, 2.05) is 55.5 Å². The third-order valence-corrected chi connectivity index (χ3v) is 3.91. The molecular formula is C20H25NO3. The van der Waals surface area contributed by atoms with E-state index in [9.17, 15) is 9.90 Å². The topological polar surface area (TPSA) is 58.6 Å². The van der Waals surface area contributed by atoms with Crippen molar-refractivity contribution in [2.75, 3.05) is 13.2 Å². The van der Waals surface area contributed by atoms with Crippen LogP contribution in [0.25, 0.3) is 0 Å².